The molecule has 0 aromatic heterocycles. The van der Waals surface area contributed by atoms with Gasteiger partial charge in [0.25, 0.3) is 0 Å². The molecule has 0 aliphatic rings. The van der Waals surface area contributed by atoms with Crippen LogP contribution >= 0.6 is 0 Å². The Kier molecular flexibility index (Phi) is 11.5. The molecule has 0 heterocycles. The molecule has 0 fully saturated rings. The number of hydrogen-bond acceptors (Lipinski definition) is 4. The maximum atomic E-state index is 10.7. The van der Waals surface area contributed by atoms with Gasteiger partial charge in [0.15, 0.2) is 0 Å². The molecule has 0 radical (unpaired) electrons. The fraction of sp³-hybridized carbons (Fsp3) is 0.625. The average Bonchev–Trinajstić information content (AvgIpc) is 2.72. The molecule has 0 atom stereocenters. The van der Waals surface area contributed by atoms with Gasteiger partial charge in [-0.3, -0.25) is 0 Å². The molecule has 2 rings (SSSR count). The van der Waals surface area contributed by atoms with Gasteiger partial charge in [-0.05, 0) is 81.2 Å². The lowest BCUT2D eigenvalue weighted by atomic mass is 9.78. The Morgan fingerprint density at radius 3 is 1.47 bits per heavy atom. The molecule has 0 aliphatic heterocycles. The third kappa shape index (κ3) is 9.44. The number of ether oxygens (including phenoxy) is 2. The Bertz CT molecular complexity index is 934. The lowest BCUT2D eigenvalue weighted by Gasteiger charge is -2.28. The molecule has 36 heavy (non-hydrogen) atoms. The maximum Gasteiger partial charge on any atom is 0.123 e. The zero-order valence-electron chi connectivity index (χ0n) is 25.1. The highest BCUT2D eigenvalue weighted by atomic mass is 16.5. The molecule has 0 bridgehead atoms. The Morgan fingerprint density at radius 1 is 0.667 bits per heavy atom. The van der Waals surface area contributed by atoms with Crippen molar-refractivity contribution < 1.29 is 19.7 Å². The van der Waals surface area contributed by atoms with Gasteiger partial charge in [0.05, 0.1) is 13.2 Å². The molecule has 2 N–H and O–H groups in total. The molecule has 2 aromatic carbocycles. The van der Waals surface area contributed by atoms with Gasteiger partial charge in [-0.15, -0.1) is 0 Å². The molecule has 2 aromatic rings. The van der Waals surface area contributed by atoms with Gasteiger partial charge < -0.3 is 19.7 Å². The second-order valence-corrected chi connectivity index (χ2v) is 12.9. The van der Waals surface area contributed by atoms with E-state index in [1.165, 1.54) is 0 Å². The van der Waals surface area contributed by atoms with Crippen molar-refractivity contribution in [1.29, 1.82) is 0 Å². The number of methoxy groups -OCH3 is 1. The number of aromatic hydroxyl groups is 2. The molecule has 0 amide bonds. The average molecular weight is 501 g/mol. The standard InChI is InChI=1S/C19H32O2.C13H20O2/c1-8-9-10-21-13-14-11-15(18(2,3)4)17(20)16(12-14)19(5,6)7;1-9-6-10(8-15-5)7-11(12(9)14)13(2,3)4/h11-12,20H,8-10,13H2,1-7H3;6-7,14H,8H2,1-5H3. The number of unbranched alkanes of at least 4 members (excludes halogenated alkanes) is 1. The SMILES string of the molecule is CCCCOCc1cc(C(C)(C)C)c(O)c(C(C)(C)C)c1.COCc1cc(C)c(O)c(C(C)(C)C)c1. The van der Waals surface area contributed by atoms with Crippen LogP contribution in [-0.2, 0) is 38.9 Å². The quantitative estimate of drug-likeness (QED) is 0.374. The van der Waals surface area contributed by atoms with Crippen LogP contribution in [0, 0.1) is 6.92 Å². The van der Waals surface area contributed by atoms with Crippen LogP contribution in [0.2, 0.25) is 0 Å². The van der Waals surface area contributed by atoms with E-state index in [-0.39, 0.29) is 16.2 Å². The van der Waals surface area contributed by atoms with Crippen molar-refractivity contribution in [3.63, 3.8) is 0 Å². The zero-order valence-corrected chi connectivity index (χ0v) is 25.1. The summed E-state index contributed by atoms with van der Waals surface area (Å²) in [4.78, 5) is 0. The molecular formula is C32H52O4. The van der Waals surface area contributed by atoms with Crippen LogP contribution in [0.1, 0.15) is 115 Å². The normalized spacial score (nSPS) is 12.3. The fourth-order valence-electron chi connectivity index (χ4n) is 4.03. The van der Waals surface area contributed by atoms with Crippen molar-refractivity contribution in [3.8, 4) is 11.5 Å². The van der Waals surface area contributed by atoms with Crippen molar-refractivity contribution in [3.05, 3.63) is 57.6 Å². The molecule has 0 spiro atoms. The Balaban J connectivity index is 0.000000381. The van der Waals surface area contributed by atoms with E-state index in [1.54, 1.807) is 7.11 Å². The van der Waals surface area contributed by atoms with E-state index in [1.807, 2.05) is 19.1 Å². The first-order valence-corrected chi connectivity index (χ1v) is 13.2. The number of aryl methyl sites for hydroxylation is 1. The molecule has 0 unspecified atom stereocenters. The molecule has 0 aliphatic carbocycles. The predicted molar refractivity (Wildman–Crippen MR) is 152 cm³/mol. The molecule has 0 saturated heterocycles. The van der Waals surface area contributed by atoms with E-state index in [2.05, 4.69) is 81.4 Å². The van der Waals surface area contributed by atoms with Crippen LogP contribution in [-0.4, -0.2) is 23.9 Å². The minimum atomic E-state index is -0.0798. The van der Waals surface area contributed by atoms with Crippen LogP contribution in [0.3, 0.4) is 0 Å². The number of phenols is 2. The van der Waals surface area contributed by atoms with Gasteiger partial charge in [-0.25, -0.2) is 0 Å². The highest BCUT2D eigenvalue weighted by Crippen LogP contribution is 2.40. The molecule has 0 saturated carbocycles. The summed E-state index contributed by atoms with van der Waals surface area (Å²) in [5.41, 5.74) is 5.96. The predicted octanol–water partition coefficient (Wildman–Crippen LogP) is 8.45. The van der Waals surface area contributed by atoms with Crippen molar-refractivity contribution in [2.75, 3.05) is 13.7 Å². The number of phenolic OH excluding ortho intramolecular Hbond substituents is 2. The number of rotatable bonds is 7. The monoisotopic (exact) mass is 500 g/mol. The van der Waals surface area contributed by atoms with Crippen LogP contribution in [0.5, 0.6) is 11.5 Å². The van der Waals surface area contributed by atoms with Crippen molar-refractivity contribution >= 4 is 0 Å². The van der Waals surface area contributed by atoms with Gasteiger partial charge in [0.1, 0.15) is 11.5 Å². The number of hydrogen-bond donors (Lipinski definition) is 2. The van der Waals surface area contributed by atoms with Crippen LogP contribution in [0.4, 0.5) is 0 Å². The number of benzene rings is 2. The van der Waals surface area contributed by atoms with Crippen molar-refractivity contribution in [1.82, 2.24) is 0 Å². The minimum absolute atomic E-state index is 0.0431. The molecule has 4 nitrogen and oxygen atoms in total. The third-order valence-electron chi connectivity index (χ3n) is 6.18. The topological polar surface area (TPSA) is 58.9 Å². The largest absolute Gasteiger partial charge is 0.507 e. The summed E-state index contributed by atoms with van der Waals surface area (Å²) in [6, 6.07) is 8.17. The molecule has 4 heteroatoms. The maximum absolute atomic E-state index is 10.7. The molecular weight excluding hydrogens is 448 g/mol. The summed E-state index contributed by atoms with van der Waals surface area (Å²) in [7, 11) is 1.68. The van der Waals surface area contributed by atoms with E-state index in [9.17, 15) is 10.2 Å². The first-order chi connectivity index (χ1) is 16.4. The van der Waals surface area contributed by atoms with Gasteiger partial charge >= 0.3 is 0 Å². The van der Waals surface area contributed by atoms with Gasteiger partial charge in [0, 0.05) is 13.7 Å². The summed E-state index contributed by atoms with van der Waals surface area (Å²) in [5, 5.41) is 20.6. The second-order valence-electron chi connectivity index (χ2n) is 12.9. The first-order valence-electron chi connectivity index (χ1n) is 13.2. The van der Waals surface area contributed by atoms with Crippen LogP contribution < -0.4 is 0 Å². The third-order valence-corrected chi connectivity index (χ3v) is 6.18. The summed E-state index contributed by atoms with van der Waals surface area (Å²) in [5.74, 6) is 0.842. The van der Waals surface area contributed by atoms with Crippen LogP contribution in [0.15, 0.2) is 24.3 Å². The first kappa shape index (κ1) is 32.0. The highest BCUT2D eigenvalue weighted by molar-refractivity contribution is 5.50. The Hall–Kier alpha value is -2.04. The fourth-order valence-corrected chi connectivity index (χ4v) is 4.03. The highest BCUT2D eigenvalue weighted by Gasteiger charge is 2.26. The van der Waals surface area contributed by atoms with Crippen molar-refractivity contribution in [2.24, 2.45) is 0 Å². The van der Waals surface area contributed by atoms with Crippen molar-refractivity contribution in [2.45, 2.75) is 118 Å². The minimum Gasteiger partial charge on any atom is -0.507 e. The summed E-state index contributed by atoms with van der Waals surface area (Å²) in [6.45, 7) is 25.2. The second kappa shape index (κ2) is 13.0. The summed E-state index contributed by atoms with van der Waals surface area (Å²) in [6.07, 6.45) is 2.24. The lowest BCUT2D eigenvalue weighted by molar-refractivity contribution is 0.118. The smallest absolute Gasteiger partial charge is 0.123 e. The summed E-state index contributed by atoms with van der Waals surface area (Å²) >= 11 is 0. The summed E-state index contributed by atoms with van der Waals surface area (Å²) < 4.78 is 10.9. The van der Waals surface area contributed by atoms with E-state index in [4.69, 9.17) is 9.47 Å². The van der Waals surface area contributed by atoms with E-state index < -0.39 is 0 Å². The Morgan fingerprint density at radius 2 is 1.08 bits per heavy atom. The van der Waals surface area contributed by atoms with E-state index in [0.717, 1.165) is 52.8 Å². The van der Waals surface area contributed by atoms with Crippen LogP contribution in [0.25, 0.3) is 0 Å². The van der Waals surface area contributed by atoms with E-state index in [0.29, 0.717) is 24.7 Å². The van der Waals surface area contributed by atoms with Gasteiger partial charge in [0.2, 0.25) is 0 Å². The Labute approximate surface area is 221 Å². The van der Waals surface area contributed by atoms with E-state index >= 15 is 0 Å². The lowest BCUT2D eigenvalue weighted by Crippen LogP contribution is -2.18. The molecule has 204 valence electrons. The zero-order chi connectivity index (χ0) is 27.9. The van der Waals surface area contributed by atoms with Gasteiger partial charge in [-0.2, -0.15) is 0 Å². The van der Waals surface area contributed by atoms with Gasteiger partial charge in [-0.1, -0.05) is 81.7 Å².